The minimum atomic E-state index is -3.76. The van der Waals surface area contributed by atoms with Gasteiger partial charge in [0.2, 0.25) is 15.9 Å². The number of methoxy groups -OCH3 is 2. The number of benzene rings is 1. The van der Waals surface area contributed by atoms with Crippen molar-refractivity contribution in [3.8, 4) is 34.6 Å². The molecule has 1 saturated carbocycles. The second-order valence-corrected chi connectivity index (χ2v) is 11.0. The van der Waals surface area contributed by atoms with E-state index in [2.05, 4.69) is 19.7 Å². The van der Waals surface area contributed by atoms with Gasteiger partial charge in [-0.3, -0.25) is 9.29 Å². The van der Waals surface area contributed by atoms with Crippen molar-refractivity contribution in [3.63, 3.8) is 0 Å². The number of para-hydroxylation sites is 1. The van der Waals surface area contributed by atoms with E-state index >= 15 is 0 Å². The van der Waals surface area contributed by atoms with Crippen LogP contribution in [0, 0.1) is 0 Å². The molecule has 12 nitrogen and oxygen atoms in total. The van der Waals surface area contributed by atoms with Crippen LogP contribution in [0.1, 0.15) is 32.6 Å². The zero-order chi connectivity index (χ0) is 27.6. The van der Waals surface area contributed by atoms with Crippen molar-refractivity contribution in [2.24, 2.45) is 0 Å². The van der Waals surface area contributed by atoms with Gasteiger partial charge >= 0.3 is 0 Å². The summed E-state index contributed by atoms with van der Waals surface area (Å²) >= 11 is 0. The lowest BCUT2D eigenvalue weighted by atomic mass is 9.97. The van der Waals surface area contributed by atoms with E-state index in [1.54, 1.807) is 41.0 Å². The Bertz CT molecular complexity index is 1560. The first-order valence-corrected chi connectivity index (χ1v) is 14.2. The largest absolute Gasteiger partial charge is 0.494 e. The SMILES string of the molecule is CCOc1cccc(-c2nc3ncc(NS(=O)(=O)[C@H]4CC[C@@H](O)CC4)nc3n2-c2c(OC)cccc2OC)n1. The zero-order valence-corrected chi connectivity index (χ0v) is 22.7. The third kappa shape index (κ3) is 5.32. The molecule has 0 saturated heterocycles. The van der Waals surface area contributed by atoms with Gasteiger partial charge < -0.3 is 19.3 Å². The molecule has 206 valence electrons. The fraction of sp³-hybridized carbons (Fsp3) is 0.385. The third-order valence-electron chi connectivity index (χ3n) is 6.57. The highest BCUT2D eigenvalue weighted by Gasteiger charge is 2.31. The van der Waals surface area contributed by atoms with Gasteiger partial charge in [-0.1, -0.05) is 12.1 Å². The molecule has 1 aromatic carbocycles. The molecule has 3 aromatic heterocycles. The predicted octanol–water partition coefficient (Wildman–Crippen LogP) is 3.34. The number of aromatic nitrogens is 5. The summed E-state index contributed by atoms with van der Waals surface area (Å²) in [7, 11) is -0.682. The molecule has 13 heteroatoms. The number of rotatable bonds is 9. The Morgan fingerprint density at radius 3 is 2.36 bits per heavy atom. The number of fused-ring (bicyclic) bond motifs is 1. The topological polar surface area (TPSA) is 151 Å². The van der Waals surface area contributed by atoms with Crippen LogP contribution >= 0.6 is 0 Å². The number of imidazole rings is 1. The highest BCUT2D eigenvalue weighted by molar-refractivity contribution is 7.93. The molecule has 0 aliphatic heterocycles. The number of aliphatic hydroxyl groups is 1. The maximum absolute atomic E-state index is 13.1. The second-order valence-electron chi connectivity index (χ2n) is 9.06. The number of hydrogen-bond acceptors (Lipinski definition) is 10. The number of nitrogens with zero attached hydrogens (tertiary/aromatic N) is 5. The first-order valence-electron chi connectivity index (χ1n) is 12.6. The van der Waals surface area contributed by atoms with Crippen LogP contribution in [-0.2, 0) is 10.0 Å². The highest BCUT2D eigenvalue weighted by atomic mass is 32.2. The van der Waals surface area contributed by atoms with Crippen molar-refractivity contribution >= 4 is 27.1 Å². The van der Waals surface area contributed by atoms with Crippen LogP contribution in [0.15, 0.2) is 42.6 Å². The summed E-state index contributed by atoms with van der Waals surface area (Å²) in [4.78, 5) is 18.4. The first kappa shape index (κ1) is 26.6. The van der Waals surface area contributed by atoms with Crippen molar-refractivity contribution in [3.05, 3.63) is 42.6 Å². The maximum atomic E-state index is 13.1. The summed E-state index contributed by atoms with van der Waals surface area (Å²) in [6.45, 7) is 2.31. The van der Waals surface area contributed by atoms with Gasteiger partial charge in [-0.2, -0.15) is 0 Å². The first-order chi connectivity index (χ1) is 18.8. The third-order valence-corrected chi connectivity index (χ3v) is 8.41. The number of ether oxygens (including phenoxy) is 3. The average molecular weight is 555 g/mol. The van der Waals surface area contributed by atoms with E-state index in [0.29, 0.717) is 66.9 Å². The second kappa shape index (κ2) is 11.0. The number of hydrogen-bond donors (Lipinski definition) is 2. The van der Waals surface area contributed by atoms with E-state index in [9.17, 15) is 13.5 Å². The molecular formula is C26H30N6O6S. The van der Waals surface area contributed by atoms with Crippen LogP contribution in [0.5, 0.6) is 17.4 Å². The van der Waals surface area contributed by atoms with Crippen LogP contribution in [0.25, 0.3) is 28.5 Å². The quantitative estimate of drug-likeness (QED) is 0.315. The number of aliphatic hydroxyl groups excluding tert-OH is 1. The van der Waals surface area contributed by atoms with Gasteiger partial charge in [-0.15, -0.1) is 0 Å². The lowest BCUT2D eigenvalue weighted by Crippen LogP contribution is -2.33. The van der Waals surface area contributed by atoms with E-state index in [1.165, 1.54) is 20.4 Å². The molecule has 5 rings (SSSR count). The van der Waals surface area contributed by atoms with Crippen molar-refractivity contribution < 1.29 is 27.7 Å². The summed E-state index contributed by atoms with van der Waals surface area (Å²) in [5, 5.41) is 9.16. The Morgan fingerprint density at radius 1 is 1.00 bits per heavy atom. The summed E-state index contributed by atoms with van der Waals surface area (Å²) in [6.07, 6.45) is 2.48. The fourth-order valence-corrected chi connectivity index (χ4v) is 6.14. The van der Waals surface area contributed by atoms with Crippen LogP contribution in [-0.4, -0.2) is 70.2 Å². The number of pyridine rings is 1. The summed E-state index contributed by atoms with van der Waals surface area (Å²) in [5.41, 5.74) is 1.52. The molecule has 0 bridgehead atoms. The maximum Gasteiger partial charge on any atom is 0.236 e. The lowest BCUT2D eigenvalue weighted by molar-refractivity contribution is 0.131. The van der Waals surface area contributed by atoms with Gasteiger partial charge in [-0.25, -0.2) is 28.4 Å². The van der Waals surface area contributed by atoms with Crippen LogP contribution < -0.4 is 18.9 Å². The summed E-state index contributed by atoms with van der Waals surface area (Å²) in [5.74, 6) is 1.81. The van der Waals surface area contributed by atoms with E-state index in [0.717, 1.165) is 0 Å². The van der Waals surface area contributed by atoms with Crippen LogP contribution in [0.2, 0.25) is 0 Å². The molecule has 0 amide bonds. The van der Waals surface area contributed by atoms with E-state index in [-0.39, 0.29) is 17.1 Å². The molecule has 2 N–H and O–H groups in total. The smallest absolute Gasteiger partial charge is 0.236 e. The van der Waals surface area contributed by atoms with Gasteiger partial charge in [0.1, 0.15) is 22.9 Å². The molecule has 1 aliphatic carbocycles. The van der Waals surface area contributed by atoms with Gasteiger partial charge in [0.25, 0.3) is 0 Å². The molecule has 0 atom stereocenters. The van der Waals surface area contributed by atoms with Gasteiger partial charge in [-0.05, 0) is 50.8 Å². The molecule has 0 unspecified atom stereocenters. The Kier molecular flexibility index (Phi) is 7.53. The lowest BCUT2D eigenvalue weighted by Gasteiger charge is -2.25. The van der Waals surface area contributed by atoms with Crippen molar-refractivity contribution in [1.82, 2.24) is 24.5 Å². The van der Waals surface area contributed by atoms with Crippen LogP contribution in [0.4, 0.5) is 5.82 Å². The normalized spacial score (nSPS) is 17.6. The molecule has 1 fully saturated rings. The van der Waals surface area contributed by atoms with Gasteiger partial charge in [0.15, 0.2) is 22.9 Å². The molecular weight excluding hydrogens is 524 g/mol. The molecule has 0 spiro atoms. The number of sulfonamides is 1. The number of anilines is 1. The monoisotopic (exact) mass is 554 g/mol. The van der Waals surface area contributed by atoms with E-state index in [1.807, 2.05) is 6.92 Å². The molecule has 0 radical (unpaired) electrons. The minimum absolute atomic E-state index is 0.0474. The van der Waals surface area contributed by atoms with Crippen molar-refractivity contribution in [2.45, 2.75) is 44.0 Å². The van der Waals surface area contributed by atoms with Crippen LogP contribution in [0.3, 0.4) is 0 Å². The highest BCUT2D eigenvalue weighted by Crippen LogP contribution is 2.38. The van der Waals surface area contributed by atoms with E-state index < -0.39 is 21.4 Å². The van der Waals surface area contributed by atoms with Gasteiger partial charge in [0, 0.05) is 6.07 Å². The molecule has 1 aliphatic rings. The fourth-order valence-electron chi connectivity index (χ4n) is 4.69. The molecule has 39 heavy (non-hydrogen) atoms. The molecule has 4 aromatic rings. The van der Waals surface area contributed by atoms with Gasteiger partial charge in [0.05, 0.1) is 38.4 Å². The van der Waals surface area contributed by atoms with E-state index in [4.69, 9.17) is 19.2 Å². The van der Waals surface area contributed by atoms with Crippen molar-refractivity contribution in [2.75, 3.05) is 25.5 Å². The minimum Gasteiger partial charge on any atom is -0.494 e. The predicted molar refractivity (Wildman–Crippen MR) is 145 cm³/mol. The average Bonchev–Trinajstić information content (AvgIpc) is 3.31. The Balaban J connectivity index is 1.68. The van der Waals surface area contributed by atoms with Crippen molar-refractivity contribution in [1.29, 1.82) is 0 Å². The Labute approximate surface area is 226 Å². The standard InChI is InChI=1S/C26H30N6O6S/c1-4-38-22-10-5-7-18(28-22)25-30-24-26(32(25)23-19(36-2)8-6-9-20(23)37-3)29-21(15-27-24)31-39(34,35)17-13-11-16(33)12-14-17/h5-10,15-17,33H,4,11-14H2,1-3H3,(H,29,31)/t16-,17+. The zero-order valence-electron chi connectivity index (χ0n) is 21.9. The Morgan fingerprint density at radius 2 is 1.69 bits per heavy atom. The molecule has 3 heterocycles. The number of nitrogens with one attached hydrogen (secondary N) is 1. The summed E-state index contributed by atoms with van der Waals surface area (Å²) < 4.78 is 47.4. The summed E-state index contributed by atoms with van der Waals surface area (Å²) in [6, 6.07) is 10.7. The Hall–Kier alpha value is -3.97.